The van der Waals surface area contributed by atoms with Gasteiger partial charge in [-0.15, -0.1) is 0 Å². The van der Waals surface area contributed by atoms with Gasteiger partial charge in [0.2, 0.25) is 10.0 Å². The molecule has 0 saturated carbocycles. The zero-order valence-corrected chi connectivity index (χ0v) is 11.1. The second-order valence-corrected chi connectivity index (χ2v) is 5.71. The first-order valence-corrected chi connectivity index (χ1v) is 6.73. The zero-order chi connectivity index (χ0) is 14.8. The summed E-state index contributed by atoms with van der Waals surface area (Å²) in [5.74, 6) is 0. The fourth-order valence-corrected chi connectivity index (χ4v) is 2.86. The molecule has 0 aromatic heterocycles. The van der Waals surface area contributed by atoms with Gasteiger partial charge >= 0.3 is 0 Å². The van der Waals surface area contributed by atoms with Crippen molar-refractivity contribution in [3.63, 3.8) is 0 Å². The lowest BCUT2D eigenvalue weighted by Crippen LogP contribution is -2.29. The van der Waals surface area contributed by atoms with Crippen LogP contribution >= 0.6 is 11.6 Å². The Balaban J connectivity index is 3.27. The monoisotopic (exact) mass is 314 g/mol. The first kappa shape index (κ1) is 15.7. The number of hydrogen-bond acceptors (Lipinski definition) is 4. The number of aryl methyl sites for hydroxylation is 1. The molecule has 0 unspecified atom stereocenters. The first-order valence-electron chi connectivity index (χ1n) is 4.87. The summed E-state index contributed by atoms with van der Waals surface area (Å²) in [5.41, 5.74) is -0.484. The SMILES string of the molecule is Cc1cc(Cl)c([N+](=O)[O-])cc1S(=O)(=O)NCC(F)F. The molecule has 1 rings (SSSR count). The Hall–Kier alpha value is -1.32. The third kappa shape index (κ3) is 3.82. The Morgan fingerprint density at radius 2 is 2.05 bits per heavy atom. The van der Waals surface area contributed by atoms with E-state index in [1.54, 1.807) is 4.72 Å². The van der Waals surface area contributed by atoms with Crippen LogP contribution in [-0.2, 0) is 10.0 Å². The van der Waals surface area contributed by atoms with Crippen LogP contribution in [0.25, 0.3) is 0 Å². The third-order valence-electron chi connectivity index (χ3n) is 2.16. The van der Waals surface area contributed by atoms with Gasteiger partial charge in [0, 0.05) is 6.07 Å². The van der Waals surface area contributed by atoms with Crippen molar-refractivity contribution in [3.05, 3.63) is 32.8 Å². The van der Waals surface area contributed by atoms with E-state index >= 15 is 0 Å². The molecule has 0 fully saturated rings. The van der Waals surface area contributed by atoms with E-state index in [1.807, 2.05) is 0 Å². The number of nitro benzene ring substituents is 1. The maximum atomic E-state index is 12.0. The van der Waals surface area contributed by atoms with Gasteiger partial charge in [-0.3, -0.25) is 10.1 Å². The van der Waals surface area contributed by atoms with Crippen LogP contribution in [0.15, 0.2) is 17.0 Å². The molecule has 10 heteroatoms. The van der Waals surface area contributed by atoms with Gasteiger partial charge in [0.1, 0.15) is 5.02 Å². The Bertz CT molecular complexity index is 606. The summed E-state index contributed by atoms with van der Waals surface area (Å²) in [5, 5.41) is 10.4. The molecular formula is C9H9ClF2N2O4S. The number of sulfonamides is 1. The zero-order valence-electron chi connectivity index (χ0n) is 9.56. The van der Waals surface area contributed by atoms with Crippen LogP contribution in [0, 0.1) is 17.0 Å². The molecule has 0 radical (unpaired) electrons. The number of nitrogens with zero attached hydrogens (tertiary/aromatic N) is 1. The molecule has 0 spiro atoms. The summed E-state index contributed by atoms with van der Waals surface area (Å²) in [6.45, 7) is 0.282. The predicted octanol–water partition coefficient (Wildman–Crippen LogP) is 2.10. The summed E-state index contributed by atoms with van der Waals surface area (Å²) in [6.07, 6.45) is -2.86. The Morgan fingerprint density at radius 3 is 2.53 bits per heavy atom. The molecule has 0 aliphatic heterocycles. The van der Waals surface area contributed by atoms with Gasteiger partial charge in [0.05, 0.1) is 16.4 Å². The minimum Gasteiger partial charge on any atom is -0.258 e. The Kier molecular flexibility index (Phi) is 4.77. The van der Waals surface area contributed by atoms with Crippen molar-refractivity contribution < 1.29 is 22.1 Å². The van der Waals surface area contributed by atoms with Gasteiger partial charge in [-0.25, -0.2) is 21.9 Å². The maximum absolute atomic E-state index is 12.0. The highest BCUT2D eigenvalue weighted by Crippen LogP contribution is 2.29. The molecule has 1 N–H and O–H groups in total. The molecule has 106 valence electrons. The molecule has 1 aromatic carbocycles. The molecule has 6 nitrogen and oxygen atoms in total. The summed E-state index contributed by atoms with van der Waals surface area (Å²) in [6, 6.07) is 1.84. The van der Waals surface area contributed by atoms with E-state index in [-0.39, 0.29) is 10.6 Å². The van der Waals surface area contributed by atoms with Crippen molar-refractivity contribution in [2.24, 2.45) is 0 Å². The lowest BCUT2D eigenvalue weighted by molar-refractivity contribution is -0.384. The van der Waals surface area contributed by atoms with Crippen molar-refractivity contribution in [2.45, 2.75) is 18.2 Å². The number of alkyl halides is 2. The Morgan fingerprint density at radius 1 is 1.47 bits per heavy atom. The van der Waals surface area contributed by atoms with E-state index < -0.39 is 38.5 Å². The fourth-order valence-electron chi connectivity index (χ4n) is 1.32. The van der Waals surface area contributed by atoms with E-state index in [0.717, 1.165) is 12.1 Å². The second kappa shape index (κ2) is 5.76. The van der Waals surface area contributed by atoms with Crippen LogP contribution in [0.5, 0.6) is 0 Å². The number of nitrogens with one attached hydrogen (secondary N) is 1. The minimum absolute atomic E-state index is 0.123. The summed E-state index contributed by atoms with van der Waals surface area (Å²) in [4.78, 5) is 9.36. The molecule has 19 heavy (non-hydrogen) atoms. The van der Waals surface area contributed by atoms with Crippen LogP contribution in [0.1, 0.15) is 5.56 Å². The van der Waals surface area contributed by atoms with Crippen molar-refractivity contribution in [1.82, 2.24) is 4.72 Å². The topological polar surface area (TPSA) is 89.3 Å². The number of hydrogen-bond donors (Lipinski definition) is 1. The van der Waals surface area contributed by atoms with E-state index in [1.165, 1.54) is 6.92 Å². The van der Waals surface area contributed by atoms with Crippen LogP contribution < -0.4 is 4.72 Å². The van der Waals surface area contributed by atoms with Gasteiger partial charge in [0.15, 0.2) is 0 Å². The maximum Gasteiger partial charge on any atom is 0.289 e. The fraction of sp³-hybridized carbons (Fsp3) is 0.333. The standard InChI is InChI=1S/C9H9ClF2N2O4S/c1-5-2-6(10)7(14(15)16)3-8(5)19(17,18)13-4-9(11)12/h2-3,9,13H,4H2,1H3. The average molecular weight is 315 g/mol. The summed E-state index contributed by atoms with van der Waals surface area (Å²) >= 11 is 5.60. The second-order valence-electron chi connectivity index (χ2n) is 3.57. The third-order valence-corrected chi connectivity index (χ3v) is 4.03. The molecule has 0 bridgehead atoms. The minimum atomic E-state index is -4.25. The lowest BCUT2D eigenvalue weighted by Gasteiger charge is -2.09. The number of rotatable bonds is 5. The lowest BCUT2D eigenvalue weighted by atomic mass is 10.2. The highest BCUT2D eigenvalue weighted by Gasteiger charge is 2.24. The summed E-state index contributed by atoms with van der Waals surface area (Å²) < 4.78 is 49.1. The smallest absolute Gasteiger partial charge is 0.258 e. The molecule has 0 heterocycles. The van der Waals surface area contributed by atoms with Gasteiger partial charge in [0.25, 0.3) is 12.1 Å². The quantitative estimate of drug-likeness (QED) is 0.665. The van der Waals surface area contributed by atoms with Crippen LogP contribution in [0.4, 0.5) is 14.5 Å². The molecular weight excluding hydrogens is 306 g/mol. The number of benzene rings is 1. The van der Waals surface area contributed by atoms with Crippen molar-refractivity contribution >= 4 is 27.3 Å². The van der Waals surface area contributed by atoms with Gasteiger partial charge in [-0.1, -0.05) is 11.6 Å². The van der Waals surface area contributed by atoms with Crippen LogP contribution in [-0.4, -0.2) is 26.3 Å². The largest absolute Gasteiger partial charge is 0.289 e. The van der Waals surface area contributed by atoms with Gasteiger partial charge in [-0.2, -0.15) is 0 Å². The average Bonchev–Trinajstić information content (AvgIpc) is 2.25. The number of nitro groups is 1. The molecule has 0 saturated heterocycles. The number of halogens is 3. The van der Waals surface area contributed by atoms with Gasteiger partial charge < -0.3 is 0 Å². The van der Waals surface area contributed by atoms with Crippen molar-refractivity contribution in [1.29, 1.82) is 0 Å². The Labute approximate surface area is 112 Å². The molecule has 0 aliphatic rings. The van der Waals surface area contributed by atoms with Gasteiger partial charge in [-0.05, 0) is 18.6 Å². The molecule has 0 aliphatic carbocycles. The molecule has 0 atom stereocenters. The first-order chi connectivity index (χ1) is 8.65. The van der Waals surface area contributed by atoms with E-state index in [9.17, 15) is 27.3 Å². The van der Waals surface area contributed by atoms with E-state index in [2.05, 4.69) is 0 Å². The van der Waals surface area contributed by atoms with E-state index in [0.29, 0.717) is 0 Å². The van der Waals surface area contributed by atoms with Crippen LogP contribution in [0.2, 0.25) is 5.02 Å². The highest BCUT2D eigenvalue weighted by atomic mass is 35.5. The highest BCUT2D eigenvalue weighted by molar-refractivity contribution is 7.89. The predicted molar refractivity (Wildman–Crippen MR) is 64.0 cm³/mol. The van der Waals surface area contributed by atoms with Crippen molar-refractivity contribution in [3.8, 4) is 0 Å². The van der Waals surface area contributed by atoms with Crippen molar-refractivity contribution in [2.75, 3.05) is 6.54 Å². The molecule has 0 amide bonds. The summed E-state index contributed by atoms with van der Waals surface area (Å²) in [7, 11) is -4.25. The van der Waals surface area contributed by atoms with Crippen LogP contribution in [0.3, 0.4) is 0 Å². The van der Waals surface area contributed by atoms with E-state index in [4.69, 9.17) is 11.6 Å². The molecule has 1 aromatic rings. The normalized spacial score (nSPS) is 11.8.